The molecule has 0 radical (unpaired) electrons. The molecule has 164 valence electrons. The molecule has 1 aliphatic carbocycles. The predicted octanol–water partition coefficient (Wildman–Crippen LogP) is 4.83. The number of aromatic nitrogens is 5. The molecule has 1 aromatic carbocycles. The van der Waals surface area contributed by atoms with Crippen LogP contribution in [-0.2, 0) is 6.54 Å². The quantitative estimate of drug-likeness (QED) is 0.447. The fourth-order valence-electron chi connectivity index (χ4n) is 3.38. The summed E-state index contributed by atoms with van der Waals surface area (Å²) in [5.41, 5.74) is 1.17. The van der Waals surface area contributed by atoms with Crippen LogP contribution in [0.15, 0.2) is 42.6 Å². The van der Waals surface area contributed by atoms with Gasteiger partial charge in [-0.15, -0.1) is 0 Å². The molecule has 3 heterocycles. The van der Waals surface area contributed by atoms with Crippen LogP contribution in [-0.4, -0.2) is 30.3 Å². The third kappa shape index (κ3) is 4.05. The number of hydrogen-bond acceptors (Lipinski definition) is 4. The van der Waals surface area contributed by atoms with Gasteiger partial charge in [0.1, 0.15) is 16.5 Å². The molecule has 11 heteroatoms. The minimum absolute atomic E-state index is 0.0866. The van der Waals surface area contributed by atoms with Gasteiger partial charge in [0.05, 0.1) is 6.54 Å². The molecule has 0 atom stereocenters. The SMILES string of the molecule is O=C(Nc1nn(Cc2ccc(F)cc2)cc1Cl)c1cc2nc(C3CC3)cc(C(F)F)n2n1. The van der Waals surface area contributed by atoms with Gasteiger partial charge in [0.25, 0.3) is 12.3 Å². The first-order valence-electron chi connectivity index (χ1n) is 9.85. The second-order valence-corrected chi connectivity index (χ2v) is 7.99. The van der Waals surface area contributed by atoms with Crippen molar-refractivity contribution in [2.75, 3.05) is 5.32 Å². The first-order valence-corrected chi connectivity index (χ1v) is 10.2. The van der Waals surface area contributed by atoms with Crippen LogP contribution in [0.1, 0.15) is 52.6 Å². The summed E-state index contributed by atoms with van der Waals surface area (Å²) in [6.07, 6.45) is 0.576. The molecule has 3 aromatic heterocycles. The Balaban J connectivity index is 1.38. The van der Waals surface area contributed by atoms with E-state index in [-0.39, 0.29) is 39.6 Å². The summed E-state index contributed by atoms with van der Waals surface area (Å²) in [5.74, 6) is -0.732. The molecule has 7 nitrogen and oxygen atoms in total. The van der Waals surface area contributed by atoms with Crippen LogP contribution in [0.2, 0.25) is 5.02 Å². The van der Waals surface area contributed by atoms with Crippen LogP contribution < -0.4 is 5.32 Å². The molecule has 32 heavy (non-hydrogen) atoms. The Morgan fingerprint density at radius 1 is 1.19 bits per heavy atom. The van der Waals surface area contributed by atoms with Crippen molar-refractivity contribution in [3.8, 4) is 0 Å². The number of halogens is 4. The van der Waals surface area contributed by atoms with Gasteiger partial charge >= 0.3 is 0 Å². The molecule has 1 amide bonds. The first-order chi connectivity index (χ1) is 15.4. The van der Waals surface area contributed by atoms with Crippen molar-refractivity contribution in [1.82, 2.24) is 24.4 Å². The van der Waals surface area contributed by atoms with E-state index in [1.807, 2.05) is 0 Å². The van der Waals surface area contributed by atoms with Crippen molar-refractivity contribution in [3.63, 3.8) is 0 Å². The summed E-state index contributed by atoms with van der Waals surface area (Å²) < 4.78 is 42.6. The second-order valence-electron chi connectivity index (χ2n) is 7.58. The molecule has 0 spiro atoms. The van der Waals surface area contributed by atoms with Gasteiger partial charge < -0.3 is 5.32 Å². The van der Waals surface area contributed by atoms with Crippen molar-refractivity contribution in [2.45, 2.75) is 31.7 Å². The molecule has 1 saturated carbocycles. The topological polar surface area (TPSA) is 77.1 Å². The number of carbonyl (C=O) groups is 1. The van der Waals surface area contributed by atoms with Gasteiger partial charge in [-0.3, -0.25) is 9.48 Å². The van der Waals surface area contributed by atoms with E-state index in [0.717, 1.165) is 22.9 Å². The number of anilines is 1. The molecule has 4 aromatic rings. The fourth-order valence-corrected chi connectivity index (χ4v) is 3.58. The lowest BCUT2D eigenvalue weighted by molar-refractivity contribution is 0.102. The summed E-state index contributed by atoms with van der Waals surface area (Å²) >= 11 is 6.18. The summed E-state index contributed by atoms with van der Waals surface area (Å²) in [5, 5.41) is 11.0. The molecule has 1 aliphatic rings. The highest BCUT2D eigenvalue weighted by molar-refractivity contribution is 6.33. The molecule has 1 N–H and O–H groups in total. The number of benzene rings is 1. The lowest BCUT2D eigenvalue weighted by atomic mass is 10.2. The molecule has 5 rings (SSSR count). The Morgan fingerprint density at radius 2 is 1.94 bits per heavy atom. The smallest absolute Gasteiger partial charge is 0.280 e. The zero-order valence-electron chi connectivity index (χ0n) is 16.5. The van der Waals surface area contributed by atoms with E-state index in [9.17, 15) is 18.0 Å². The van der Waals surface area contributed by atoms with Crippen molar-refractivity contribution in [2.24, 2.45) is 0 Å². The highest BCUT2D eigenvalue weighted by atomic mass is 35.5. The first kappa shape index (κ1) is 20.5. The number of hydrogen-bond donors (Lipinski definition) is 1. The average Bonchev–Trinajstić information content (AvgIpc) is 3.43. The number of nitrogens with zero attached hydrogens (tertiary/aromatic N) is 5. The third-order valence-corrected chi connectivity index (χ3v) is 5.41. The fraction of sp³-hybridized carbons (Fsp3) is 0.238. The lowest BCUT2D eigenvalue weighted by Crippen LogP contribution is -2.14. The Hall–Kier alpha value is -3.40. The third-order valence-electron chi connectivity index (χ3n) is 5.13. The van der Waals surface area contributed by atoms with Gasteiger partial charge in [-0.2, -0.15) is 10.2 Å². The minimum atomic E-state index is -2.76. The Morgan fingerprint density at radius 3 is 2.62 bits per heavy atom. The lowest BCUT2D eigenvalue weighted by Gasteiger charge is -2.06. The highest BCUT2D eigenvalue weighted by Crippen LogP contribution is 2.40. The Kier molecular flexibility index (Phi) is 5.09. The van der Waals surface area contributed by atoms with E-state index < -0.39 is 12.3 Å². The van der Waals surface area contributed by atoms with Crippen molar-refractivity contribution >= 4 is 29.0 Å². The van der Waals surface area contributed by atoms with Gasteiger partial charge in [-0.05, 0) is 36.6 Å². The number of rotatable bonds is 6. The molecule has 0 aliphatic heterocycles. The zero-order valence-corrected chi connectivity index (χ0v) is 17.2. The monoisotopic (exact) mass is 460 g/mol. The molecule has 0 unspecified atom stereocenters. The van der Waals surface area contributed by atoms with Gasteiger partial charge in [-0.25, -0.2) is 22.7 Å². The van der Waals surface area contributed by atoms with Crippen LogP contribution in [0.4, 0.5) is 19.0 Å². The van der Waals surface area contributed by atoms with Crippen LogP contribution in [0, 0.1) is 5.82 Å². The van der Waals surface area contributed by atoms with Gasteiger partial charge in [-0.1, -0.05) is 23.7 Å². The minimum Gasteiger partial charge on any atom is -0.302 e. The maximum atomic E-state index is 13.5. The molecular formula is C21H16ClF3N6O. The summed E-state index contributed by atoms with van der Waals surface area (Å²) in [6, 6.07) is 8.60. The second kappa shape index (κ2) is 7.94. The van der Waals surface area contributed by atoms with E-state index in [0.29, 0.717) is 12.2 Å². The van der Waals surface area contributed by atoms with Crippen LogP contribution in [0.25, 0.3) is 5.65 Å². The van der Waals surface area contributed by atoms with E-state index in [4.69, 9.17) is 11.6 Å². The van der Waals surface area contributed by atoms with E-state index in [2.05, 4.69) is 20.5 Å². The van der Waals surface area contributed by atoms with E-state index in [1.165, 1.54) is 35.1 Å². The van der Waals surface area contributed by atoms with E-state index >= 15 is 0 Å². The maximum absolute atomic E-state index is 13.5. The maximum Gasteiger partial charge on any atom is 0.280 e. The largest absolute Gasteiger partial charge is 0.302 e. The zero-order chi connectivity index (χ0) is 22.4. The van der Waals surface area contributed by atoms with Crippen molar-refractivity contribution in [1.29, 1.82) is 0 Å². The van der Waals surface area contributed by atoms with Crippen LogP contribution in [0.3, 0.4) is 0 Å². The summed E-state index contributed by atoms with van der Waals surface area (Å²) in [4.78, 5) is 17.1. The normalized spacial score (nSPS) is 13.8. The van der Waals surface area contributed by atoms with Gasteiger partial charge in [0.15, 0.2) is 17.2 Å². The number of alkyl halides is 2. The average molecular weight is 461 g/mol. The summed E-state index contributed by atoms with van der Waals surface area (Å²) in [6.45, 7) is 0.315. The molecular weight excluding hydrogens is 445 g/mol. The summed E-state index contributed by atoms with van der Waals surface area (Å²) in [7, 11) is 0. The van der Waals surface area contributed by atoms with Crippen molar-refractivity contribution in [3.05, 3.63) is 76.1 Å². The Labute approximate surface area is 184 Å². The Bertz CT molecular complexity index is 1310. The predicted molar refractivity (Wildman–Crippen MR) is 111 cm³/mol. The standard InChI is InChI=1S/C21H16ClF3N6O/c22-14-10-30(9-11-1-5-13(23)6-2-11)29-20(14)27-21(32)16-8-18-26-15(12-3-4-12)7-17(19(24)25)31(18)28-16/h1-2,5-8,10,12,19H,3-4,9H2,(H,27,29,32). The van der Waals surface area contributed by atoms with Gasteiger partial charge in [0, 0.05) is 23.9 Å². The van der Waals surface area contributed by atoms with E-state index in [1.54, 1.807) is 12.1 Å². The number of carbonyl (C=O) groups excluding carboxylic acids is 1. The number of fused-ring (bicyclic) bond motifs is 1. The molecule has 0 bridgehead atoms. The molecule has 1 fully saturated rings. The van der Waals surface area contributed by atoms with Gasteiger partial charge in [0.2, 0.25) is 0 Å². The number of nitrogens with one attached hydrogen (secondary N) is 1. The van der Waals surface area contributed by atoms with Crippen LogP contribution >= 0.6 is 11.6 Å². The van der Waals surface area contributed by atoms with Crippen molar-refractivity contribution < 1.29 is 18.0 Å². The highest BCUT2D eigenvalue weighted by Gasteiger charge is 2.28. The van der Waals surface area contributed by atoms with Crippen LogP contribution in [0.5, 0.6) is 0 Å². The number of amides is 1. The molecule has 0 saturated heterocycles.